The minimum Gasteiger partial charge on any atom is -0.512 e. The molecule has 1 heterocycles. The molecule has 1 radical (unpaired) electrons. The van der Waals surface area contributed by atoms with Crippen molar-refractivity contribution in [3.05, 3.63) is 90.8 Å². The van der Waals surface area contributed by atoms with Gasteiger partial charge in [-0.1, -0.05) is 94.8 Å². The molecule has 0 atom stereocenters. The van der Waals surface area contributed by atoms with Gasteiger partial charge in [-0.25, -0.2) is 0 Å². The van der Waals surface area contributed by atoms with E-state index in [9.17, 15) is 9.90 Å². The minimum absolute atomic E-state index is 0. The first-order chi connectivity index (χ1) is 19.7. The van der Waals surface area contributed by atoms with E-state index in [1.165, 1.54) is 49.2 Å². The van der Waals surface area contributed by atoms with E-state index in [-0.39, 0.29) is 42.5 Å². The molecule has 0 unspecified atom stereocenters. The number of nitrogens with zero attached hydrogens (tertiary/aromatic N) is 1. The Bertz CT molecular complexity index is 1690. The standard InChI is InChI=1S/C23H12N.C15H28O2.Ir/c1-2-7-15-14(6-1)17-10-5-11-18-16-8-3-4-9-20(16)23-22(21(17)18)19(15)12-13-24-23;1-7-14(5,8-2)12(16)11-13(17)15(6,9-3)10-4;/h1-8,10-13H;11,16H,7-10H2,1-6H3;/q-1;;/b;12-11-;. The molecule has 0 aliphatic heterocycles. The van der Waals surface area contributed by atoms with Gasteiger partial charge in [0.25, 0.3) is 0 Å². The number of ketones is 1. The Labute approximate surface area is 262 Å². The second kappa shape index (κ2) is 12.5. The first-order valence-electron chi connectivity index (χ1n) is 14.9. The van der Waals surface area contributed by atoms with Crippen LogP contribution in [0.15, 0.2) is 84.8 Å². The summed E-state index contributed by atoms with van der Waals surface area (Å²) in [6, 6.07) is 27.1. The molecule has 0 spiro atoms. The number of aromatic nitrogens is 1. The van der Waals surface area contributed by atoms with E-state index < -0.39 is 0 Å². The second-order valence-corrected chi connectivity index (χ2v) is 11.7. The number of carbonyl (C=O) groups is 1. The van der Waals surface area contributed by atoms with Crippen LogP contribution < -0.4 is 0 Å². The number of hydrogen-bond donors (Lipinski definition) is 1. The summed E-state index contributed by atoms with van der Waals surface area (Å²) in [4.78, 5) is 16.9. The number of benzene rings is 5. The predicted molar refractivity (Wildman–Crippen MR) is 175 cm³/mol. The van der Waals surface area contributed by atoms with Gasteiger partial charge in [0.15, 0.2) is 5.78 Å². The van der Waals surface area contributed by atoms with Gasteiger partial charge in [0.2, 0.25) is 0 Å². The first kappa shape index (κ1) is 31.6. The number of pyridine rings is 1. The van der Waals surface area contributed by atoms with Crippen LogP contribution >= 0.6 is 0 Å². The number of aliphatic hydroxyl groups is 1. The van der Waals surface area contributed by atoms with Crippen molar-refractivity contribution < 1.29 is 30.0 Å². The van der Waals surface area contributed by atoms with Crippen molar-refractivity contribution in [2.24, 2.45) is 10.8 Å². The predicted octanol–water partition coefficient (Wildman–Crippen LogP) is 10.7. The molecule has 6 aromatic rings. The molecule has 0 fully saturated rings. The summed E-state index contributed by atoms with van der Waals surface area (Å²) >= 11 is 0. The Balaban J connectivity index is 0.000000203. The largest absolute Gasteiger partial charge is 0.512 e. The van der Waals surface area contributed by atoms with Gasteiger partial charge in [-0.15, -0.1) is 29.7 Å². The van der Waals surface area contributed by atoms with E-state index in [4.69, 9.17) is 4.98 Å². The molecule has 3 nitrogen and oxygen atoms in total. The molecule has 1 N–H and O–H groups in total. The molecule has 4 heteroatoms. The molecule has 42 heavy (non-hydrogen) atoms. The van der Waals surface area contributed by atoms with Crippen LogP contribution in [-0.2, 0) is 24.9 Å². The third kappa shape index (κ3) is 5.21. The molecule has 6 rings (SSSR count). The van der Waals surface area contributed by atoms with Gasteiger partial charge in [0, 0.05) is 43.2 Å². The Morgan fingerprint density at radius 2 is 1.26 bits per heavy atom. The molecule has 0 saturated carbocycles. The second-order valence-electron chi connectivity index (χ2n) is 11.7. The molecule has 0 bridgehead atoms. The van der Waals surface area contributed by atoms with E-state index >= 15 is 0 Å². The van der Waals surface area contributed by atoms with Crippen LogP contribution in [-0.4, -0.2) is 15.9 Å². The van der Waals surface area contributed by atoms with Crippen LogP contribution in [0.1, 0.15) is 67.2 Å². The van der Waals surface area contributed by atoms with Crippen LogP contribution in [0.5, 0.6) is 0 Å². The smallest absolute Gasteiger partial charge is 0.164 e. The Kier molecular flexibility index (Phi) is 9.40. The monoisotopic (exact) mass is 735 g/mol. The van der Waals surface area contributed by atoms with Crippen molar-refractivity contribution in [3.8, 4) is 0 Å². The fraction of sp³-hybridized carbons (Fsp3) is 0.316. The van der Waals surface area contributed by atoms with E-state index in [0.717, 1.165) is 36.6 Å². The van der Waals surface area contributed by atoms with E-state index in [2.05, 4.69) is 66.7 Å². The number of fused-ring (bicyclic) bond motifs is 6. The van der Waals surface area contributed by atoms with Gasteiger partial charge in [-0.3, -0.25) is 4.79 Å². The fourth-order valence-electron chi connectivity index (χ4n) is 5.89. The average Bonchev–Trinajstić information content (AvgIpc) is 3.03. The Morgan fingerprint density at radius 3 is 1.86 bits per heavy atom. The fourth-order valence-corrected chi connectivity index (χ4v) is 5.89. The van der Waals surface area contributed by atoms with Gasteiger partial charge >= 0.3 is 0 Å². The van der Waals surface area contributed by atoms with Gasteiger partial charge in [0.05, 0.1) is 0 Å². The van der Waals surface area contributed by atoms with Crippen molar-refractivity contribution >= 4 is 59.8 Å². The molecule has 219 valence electrons. The van der Waals surface area contributed by atoms with Crippen LogP contribution in [0.4, 0.5) is 0 Å². The zero-order valence-electron chi connectivity index (χ0n) is 25.5. The number of hydrogen-bond acceptors (Lipinski definition) is 3. The van der Waals surface area contributed by atoms with E-state index in [1.807, 2.05) is 53.8 Å². The summed E-state index contributed by atoms with van der Waals surface area (Å²) in [5.74, 6) is 0.286. The van der Waals surface area contributed by atoms with Crippen molar-refractivity contribution in [3.63, 3.8) is 0 Å². The molecule has 0 saturated heterocycles. The van der Waals surface area contributed by atoms with Crippen LogP contribution in [0.3, 0.4) is 0 Å². The first-order valence-corrected chi connectivity index (χ1v) is 14.9. The third-order valence-electron chi connectivity index (χ3n) is 9.76. The third-order valence-corrected chi connectivity index (χ3v) is 9.76. The van der Waals surface area contributed by atoms with E-state index in [0.29, 0.717) is 0 Å². The maximum atomic E-state index is 12.2. The molecular weight excluding hydrogens is 695 g/mol. The maximum absolute atomic E-state index is 12.2. The molecule has 5 aromatic carbocycles. The summed E-state index contributed by atoms with van der Waals surface area (Å²) in [7, 11) is 0. The normalized spacial score (nSPS) is 12.6. The SMILES string of the molecule is CCC(C)(CC)C(=O)/C=C(\O)C(C)(CC)CC.[Ir].[c-]1cccc2c1c1nccc3c4ccccc4c4cccc2c4c31. The van der Waals surface area contributed by atoms with E-state index in [1.54, 1.807) is 0 Å². The topological polar surface area (TPSA) is 50.2 Å². The van der Waals surface area contributed by atoms with Crippen LogP contribution in [0.2, 0.25) is 0 Å². The Hall–Kier alpha value is -3.33. The summed E-state index contributed by atoms with van der Waals surface area (Å²) in [6.07, 6.45) is 6.68. The number of allylic oxidation sites excluding steroid dienone is 2. The van der Waals surface area contributed by atoms with Gasteiger partial charge in [-0.2, -0.15) is 0 Å². The van der Waals surface area contributed by atoms with Crippen LogP contribution in [0, 0.1) is 16.9 Å². The van der Waals surface area contributed by atoms with Crippen LogP contribution in [0.25, 0.3) is 54.0 Å². The van der Waals surface area contributed by atoms with Gasteiger partial charge in [0.1, 0.15) is 5.76 Å². The number of aliphatic hydroxyl groups excluding tert-OH is 1. The zero-order chi connectivity index (χ0) is 29.4. The van der Waals surface area contributed by atoms with Crippen molar-refractivity contribution in [2.45, 2.75) is 67.2 Å². The van der Waals surface area contributed by atoms with Crippen molar-refractivity contribution in [1.29, 1.82) is 0 Å². The summed E-state index contributed by atoms with van der Waals surface area (Å²) in [5.41, 5.74) is 0.451. The van der Waals surface area contributed by atoms with Gasteiger partial charge < -0.3 is 10.1 Å². The average molecular weight is 735 g/mol. The molecule has 0 amide bonds. The van der Waals surface area contributed by atoms with Crippen molar-refractivity contribution in [2.75, 3.05) is 0 Å². The minimum atomic E-state index is -0.337. The molecule has 0 aliphatic carbocycles. The number of rotatable bonds is 7. The summed E-state index contributed by atoms with van der Waals surface area (Å²) < 4.78 is 0. The molecule has 1 aromatic heterocycles. The Morgan fingerprint density at radius 1 is 0.738 bits per heavy atom. The molecule has 0 aliphatic rings. The van der Waals surface area contributed by atoms with Crippen molar-refractivity contribution in [1.82, 2.24) is 4.98 Å². The molecular formula is C38H40IrNO2-. The summed E-state index contributed by atoms with van der Waals surface area (Å²) in [5, 5.41) is 21.5. The quantitative estimate of drug-likeness (QED) is 0.0584. The maximum Gasteiger partial charge on any atom is 0.164 e. The number of carbonyl (C=O) groups excluding carboxylic acids is 1. The van der Waals surface area contributed by atoms with Gasteiger partial charge in [-0.05, 0) is 69.6 Å². The zero-order valence-corrected chi connectivity index (χ0v) is 27.9. The summed E-state index contributed by atoms with van der Waals surface area (Å²) in [6.45, 7) is 12.1.